The van der Waals surface area contributed by atoms with Crippen molar-refractivity contribution in [3.05, 3.63) is 0 Å². The lowest BCUT2D eigenvalue weighted by Crippen LogP contribution is -2.30. The Morgan fingerprint density at radius 3 is 0.831 bits per heavy atom. The van der Waals surface area contributed by atoms with Crippen LogP contribution in [0.3, 0.4) is 0 Å². The normalized spacial score (nSPS) is 11.9. The smallest absolute Gasteiger partial charge is 0.306 e. The molecule has 0 rings (SSSR count). The molecule has 0 saturated carbocycles. The third-order valence-corrected chi connectivity index (χ3v) is 12.0. The molecule has 0 spiro atoms. The molecule has 0 heterocycles. The molecule has 59 heavy (non-hydrogen) atoms. The second-order valence-corrected chi connectivity index (χ2v) is 18.6. The summed E-state index contributed by atoms with van der Waals surface area (Å²) in [5, 5.41) is 0. The van der Waals surface area contributed by atoms with Gasteiger partial charge in [-0.2, -0.15) is 0 Å². The lowest BCUT2D eigenvalue weighted by molar-refractivity contribution is -0.167. The molecule has 0 aliphatic heterocycles. The molecule has 0 fully saturated rings. The van der Waals surface area contributed by atoms with Gasteiger partial charge in [-0.1, -0.05) is 259 Å². The number of hydrogen-bond acceptors (Lipinski definition) is 6. The Hall–Kier alpha value is -1.59. The number of ether oxygens (including phenoxy) is 3. The summed E-state index contributed by atoms with van der Waals surface area (Å²) in [7, 11) is 0. The van der Waals surface area contributed by atoms with Crippen molar-refractivity contribution in [2.24, 2.45) is 5.92 Å². The first-order valence-corrected chi connectivity index (χ1v) is 26.4. The van der Waals surface area contributed by atoms with E-state index in [4.69, 9.17) is 14.2 Å². The van der Waals surface area contributed by atoms with Gasteiger partial charge < -0.3 is 14.2 Å². The number of unbranched alkanes of at least 4 members (excludes halogenated alkanes) is 35. The Balaban J connectivity index is 4.31. The highest BCUT2D eigenvalue weighted by atomic mass is 16.6. The van der Waals surface area contributed by atoms with Crippen molar-refractivity contribution < 1.29 is 28.6 Å². The Labute approximate surface area is 368 Å². The van der Waals surface area contributed by atoms with E-state index in [0.717, 1.165) is 63.7 Å². The van der Waals surface area contributed by atoms with Crippen LogP contribution >= 0.6 is 0 Å². The highest BCUT2D eigenvalue weighted by Gasteiger charge is 2.19. The molecule has 0 aliphatic carbocycles. The van der Waals surface area contributed by atoms with Gasteiger partial charge in [0.1, 0.15) is 13.2 Å². The molecule has 6 nitrogen and oxygen atoms in total. The summed E-state index contributed by atoms with van der Waals surface area (Å²) in [6, 6.07) is 0. The van der Waals surface area contributed by atoms with Crippen LogP contribution in [0.2, 0.25) is 0 Å². The summed E-state index contributed by atoms with van der Waals surface area (Å²) in [5.41, 5.74) is 0. The van der Waals surface area contributed by atoms with E-state index in [1.54, 1.807) is 0 Å². The Morgan fingerprint density at radius 1 is 0.322 bits per heavy atom. The third-order valence-electron chi connectivity index (χ3n) is 12.0. The fourth-order valence-electron chi connectivity index (χ4n) is 8.04. The van der Waals surface area contributed by atoms with Crippen LogP contribution in [0.1, 0.15) is 297 Å². The highest BCUT2D eigenvalue weighted by Crippen LogP contribution is 2.17. The third kappa shape index (κ3) is 47.3. The first-order chi connectivity index (χ1) is 28.9. The van der Waals surface area contributed by atoms with E-state index in [0.29, 0.717) is 19.3 Å². The topological polar surface area (TPSA) is 78.9 Å². The number of hydrogen-bond donors (Lipinski definition) is 0. The van der Waals surface area contributed by atoms with Gasteiger partial charge in [-0.05, 0) is 25.2 Å². The molecule has 0 aromatic carbocycles. The van der Waals surface area contributed by atoms with Crippen molar-refractivity contribution in [2.75, 3.05) is 13.2 Å². The second kappa shape index (κ2) is 47.5. The summed E-state index contributed by atoms with van der Waals surface area (Å²) < 4.78 is 16.8. The minimum atomic E-state index is -0.760. The van der Waals surface area contributed by atoms with E-state index in [2.05, 4.69) is 27.7 Å². The van der Waals surface area contributed by atoms with Crippen LogP contribution < -0.4 is 0 Å². The lowest BCUT2D eigenvalue weighted by atomic mass is 10.0. The molecule has 0 N–H and O–H groups in total. The molecule has 0 aromatic rings. The fourth-order valence-corrected chi connectivity index (χ4v) is 8.04. The summed E-state index contributed by atoms with van der Waals surface area (Å²) in [5.74, 6) is -0.0103. The molecule has 350 valence electrons. The van der Waals surface area contributed by atoms with E-state index >= 15 is 0 Å². The zero-order valence-electron chi connectivity index (χ0n) is 40.2. The van der Waals surface area contributed by atoms with Gasteiger partial charge in [0.25, 0.3) is 0 Å². The van der Waals surface area contributed by atoms with Gasteiger partial charge in [-0.25, -0.2) is 0 Å². The molecule has 0 unspecified atom stereocenters. The summed E-state index contributed by atoms with van der Waals surface area (Å²) in [6.07, 6.45) is 49.4. The molecule has 0 radical (unpaired) electrons. The molecular weight excluding hydrogens is 733 g/mol. The summed E-state index contributed by atoms with van der Waals surface area (Å²) >= 11 is 0. The van der Waals surface area contributed by atoms with Crippen molar-refractivity contribution in [1.82, 2.24) is 0 Å². The maximum atomic E-state index is 12.8. The first-order valence-electron chi connectivity index (χ1n) is 26.4. The predicted octanol–water partition coefficient (Wildman–Crippen LogP) is 17.1. The van der Waals surface area contributed by atoms with Gasteiger partial charge >= 0.3 is 17.9 Å². The Kier molecular flexibility index (Phi) is 46.2. The Morgan fingerprint density at radius 2 is 0.559 bits per heavy atom. The van der Waals surface area contributed by atoms with E-state index in [9.17, 15) is 14.4 Å². The van der Waals surface area contributed by atoms with Crippen molar-refractivity contribution in [3.8, 4) is 0 Å². The van der Waals surface area contributed by atoms with Crippen LogP contribution in [-0.4, -0.2) is 37.2 Å². The molecular formula is C53H102O6. The van der Waals surface area contributed by atoms with Crippen LogP contribution in [0.15, 0.2) is 0 Å². The molecule has 0 saturated heterocycles. The SMILES string of the molecule is CCCCCCCCCCCCCCCCC(=O)OC[C@@H](COC(=O)CCCCCCCCCCCCCC)OC(=O)CCCCCCCCCCCCCCC(C)C. The highest BCUT2D eigenvalue weighted by molar-refractivity contribution is 5.71. The zero-order chi connectivity index (χ0) is 43.1. The van der Waals surface area contributed by atoms with E-state index in [1.807, 2.05) is 0 Å². The van der Waals surface area contributed by atoms with Crippen molar-refractivity contribution in [1.29, 1.82) is 0 Å². The standard InChI is InChI=1S/C53H102O6/c1-5-7-9-11-13-15-17-19-20-25-29-33-37-41-45-52(55)58-48-50(47-57-51(54)44-40-36-32-28-24-18-16-14-12-10-8-6-2)59-53(56)46-42-38-34-30-26-22-21-23-27-31-35-39-43-49(3)4/h49-50H,5-48H2,1-4H3/t50-/m1/s1. The van der Waals surface area contributed by atoms with Crippen molar-refractivity contribution >= 4 is 17.9 Å². The van der Waals surface area contributed by atoms with Crippen LogP contribution in [-0.2, 0) is 28.6 Å². The van der Waals surface area contributed by atoms with Gasteiger partial charge in [-0.3, -0.25) is 14.4 Å². The Bertz CT molecular complexity index is 887. The summed E-state index contributed by atoms with van der Waals surface area (Å²) in [4.78, 5) is 37.9. The molecule has 0 bridgehead atoms. The van der Waals surface area contributed by atoms with Crippen molar-refractivity contribution in [2.45, 2.75) is 303 Å². The maximum Gasteiger partial charge on any atom is 0.306 e. The van der Waals surface area contributed by atoms with E-state index in [-0.39, 0.29) is 31.1 Å². The zero-order valence-corrected chi connectivity index (χ0v) is 40.2. The quantitative estimate of drug-likeness (QED) is 0.0345. The van der Waals surface area contributed by atoms with Crippen LogP contribution in [0, 0.1) is 5.92 Å². The average Bonchev–Trinajstić information content (AvgIpc) is 3.22. The van der Waals surface area contributed by atoms with E-state index in [1.165, 1.54) is 193 Å². The van der Waals surface area contributed by atoms with Crippen molar-refractivity contribution in [3.63, 3.8) is 0 Å². The number of esters is 3. The number of carbonyl (C=O) groups excluding carboxylic acids is 3. The van der Waals surface area contributed by atoms with E-state index < -0.39 is 6.10 Å². The van der Waals surface area contributed by atoms with Crippen LogP contribution in [0.4, 0.5) is 0 Å². The van der Waals surface area contributed by atoms with Gasteiger partial charge in [0, 0.05) is 19.3 Å². The molecule has 0 aromatic heterocycles. The molecule has 6 heteroatoms. The van der Waals surface area contributed by atoms with Gasteiger partial charge in [0.2, 0.25) is 0 Å². The minimum Gasteiger partial charge on any atom is -0.462 e. The van der Waals surface area contributed by atoms with Crippen LogP contribution in [0.25, 0.3) is 0 Å². The lowest BCUT2D eigenvalue weighted by Gasteiger charge is -2.18. The second-order valence-electron chi connectivity index (χ2n) is 18.6. The van der Waals surface area contributed by atoms with Gasteiger partial charge in [0.15, 0.2) is 6.10 Å². The largest absolute Gasteiger partial charge is 0.462 e. The molecule has 1 atom stereocenters. The predicted molar refractivity (Wildman–Crippen MR) is 252 cm³/mol. The number of carbonyl (C=O) groups is 3. The maximum absolute atomic E-state index is 12.8. The van der Waals surface area contributed by atoms with Gasteiger partial charge in [-0.15, -0.1) is 0 Å². The minimum absolute atomic E-state index is 0.0625. The fraction of sp³-hybridized carbons (Fsp3) is 0.943. The number of rotatable bonds is 48. The van der Waals surface area contributed by atoms with Gasteiger partial charge in [0.05, 0.1) is 0 Å². The van der Waals surface area contributed by atoms with Crippen LogP contribution in [0.5, 0.6) is 0 Å². The monoisotopic (exact) mass is 835 g/mol. The molecule has 0 amide bonds. The molecule has 0 aliphatic rings. The summed E-state index contributed by atoms with van der Waals surface area (Å²) in [6.45, 7) is 9.03. The average molecular weight is 835 g/mol. The first kappa shape index (κ1) is 57.4.